The Kier molecular flexibility index (Phi) is 6.16. The second-order valence-corrected chi connectivity index (χ2v) is 7.90. The highest BCUT2D eigenvalue weighted by molar-refractivity contribution is 7.92. The molecule has 1 atom stereocenters. The third-order valence-corrected chi connectivity index (χ3v) is 5.12. The van der Waals surface area contributed by atoms with Gasteiger partial charge in [-0.3, -0.25) is 19.2 Å². The number of nitro groups is 1. The van der Waals surface area contributed by atoms with Crippen LogP contribution in [0, 0.1) is 10.1 Å². The molecule has 12 heteroatoms. The monoisotopic (exact) mass is 431 g/mol. The van der Waals surface area contributed by atoms with Crippen molar-refractivity contribution < 1.29 is 31.3 Å². The molecule has 2 aromatic carbocycles. The first-order valence-electron chi connectivity index (χ1n) is 8.03. The predicted molar refractivity (Wildman–Crippen MR) is 100.0 cm³/mol. The van der Waals surface area contributed by atoms with Gasteiger partial charge in [0.25, 0.3) is 5.69 Å². The highest BCUT2D eigenvalue weighted by Gasteiger charge is 2.35. The molecule has 0 unspecified atom stereocenters. The summed E-state index contributed by atoms with van der Waals surface area (Å²) >= 11 is 0. The highest BCUT2D eigenvalue weighted by atomic mass is 32.2. The van der Waals surface area contributed by atoms with Crippen molar-refractivity contribution in [3.63, 3.8) is 0 Å². The predicted octanol–water partition coefficient (Wildman–Crippen LogP) is 3.41. The Bertz CT molecular complexity index is 1040. The number of halogens is 3. The number of hydrogen-bond donors (Lipinski definition) is 1. The molecule has 0 fully saturated rings. The summed E-state index contributed by atoms with van der Waals surface area (Å²) in [5.41, 5.74) is -2.22. The summed E-state index contributed by atoms with van der Waals surface area (Å²) in [7, 11) is -4.11. The van der Waals surface area contributed by atoms with E-state index in [1.54, 1.807) is 0 Å². The van der Waals surface area contributed by atoms with E-state index in [0.717, 1.165) is 43.5 Å². The van der Waals surface area contributed by atoms with E-state index >= 15 is 0 Å². The van der Waals surface area contributed by atoms with E-state index in [2.05, 4.69) is 5.32 Å². The summed E-state index contributed by atoms with van der Waals surface area (Å²) in [4.78, 5) is 22.8. The van der Waals surface area contributed by atoms with Gasteiger partial charge >= 0.3 is 6.18 Å². The van der Waals surface area contributed by atoms with Gasteiger partial charge in [-0.05, 0) is 25.1 Å². The zero-order valence-corrected chi connectivity index (χ0v) is 16.0. The molecule has 0 radical (unpaired) electrons. The summed E-state index contributed by atoms with van der Waals surface area (Å²) in [6, 6.07) is 7.30. The number of nitro benzene ring substituents is 1. The van der Waals surface area contributed by atoms with Crippen molar-refractivity contribution in [2.45, 2.75) is 19.1 Å². The molecule has 2 rings (SSSR count). The van der Waals surface area contributed by atoms with Crippen molar-refractivity contribution in [1.29, 1.82) is 0 Å². The Balaban J connectivity index is 2.41. The minimum atomic E-state index is -4.73. The number of sulfonamides is 1. The van der Waals surface area contributed by atoms with Crippen LogP contribution in [0.1, 0.15) is 12.5 Å². The minimum Gasteiger partial charge on any atom is -0.324 e. The molecule has 0 aliphatic heterocycles. The van der Waals surface area contributed by atoms with E-state index in [-0.39, 0.29) is 5.69 Å². The number of carbonyl (C=O) groups excluding carboxylic acids is 1. The lowest BCUT2D eigenvalue weighted by Crippen LogP contribution is -2.45. The average molecular weight is 431 g/mol. The number of alkyl halides is 3. The van der Waals surface area contributed by atoms with Gasteiger partial charge in [0.05, 0.1) is 28.1 Å². The zero-order valence-electron chi connectivity index (χ0n) is 15.2. The van der Waals surface area contributed by atoms with Crippen LogP contribution in [0.25, 0.3) is 0 Å². The normalized spacial score (nSPS) is 12.9. The topological polar surface area (TPSA) is 110 Å². The van der Waals surface area contributed by atoms with Gasteiger partial charge in [0, 0.05) is 12.1 Å². The number of carbonyl (C=O) groups is 1. The lowest BCUT2D eigenvalue weighted by molar-refractivity contribution is -0.384. The Morgan fingerprint density at radius 3 is 2.34 bits per heavy atom. The first-order valence-corrected chi connectivity index (χ1v) is 9.88. The van der Waals surface area contributed by atoms with Crippen LogP contribution in [0.5, 0.6) is 0 Å². The molecule has 8 nitrogen and oxygen atoms in total. The van der Waals surface area contributed by atoms with Crippen LogP contribution in [0.2, 0.25) is 0 Å². The van der Waals surface area contributed by atoms with E-state index in [1.165, 1.54) is 18.2 Å². The molecule has 0 heterocycles. The maximum atomic E-state index is 13.1. The molecule has 0 aliphatic carbocycles. The fourth-order valence-corrected chi connectivity index (χ4v) is 3.80. The number of amides is 1. The van der Waals surface area contributed by atoms with Crippen LogP contribution >= 0.6 is 0 Å². The van der Waals surface area contributed by atoms with E-state index in [9.17, 15) is 36.5 Å². The minimum absolute atomic E-state index is 0.173. The molecule has 0 saturated carbocycles. The van der Waals surface area contributed by atoms with Gasteiger partial charge in [-0.2, -0.15) is 13.2 Å². The van der Waals surface area contributed by atoms with Crippen LogP contribution in [0.4, 0.5) is 30.2 Å². The van der Waals surface area contributed by atoms with Crippen molar-refractivity contribution in [3.05, 3.63) is 64.2 Å². The number of benzene rings is 2. The summed E-state index contributed by atoms with van der Waals surface area (Å²) in [5.74, 6) is -1.04. The van der Waals surface area contributed by atoms with Crippen molar-refractivity contribution in [1.82, 2.24) is 0 Å². The fourth-order valence-electron chi connectivity index (χ4n) is 2.63. The quantitative estimate of drug-likeness (QED) is 0.557. The molecule has 29 heavy (non-hydrogen) atoms. The Labute approximate surface area is 164 Å². The van der Waals surface area contributed by atoms with Crippen molar-refractivity contribution >= 4 is 33.0 Å². The number of nitrogens with zero attached hydrogens (tertiary/aromatic N) is 2. The SMILES string of the molecule is C[C@H](C(=O)Nc1ccccc1C(F)(F)F)N(c1cccc([N+](=O)[O-])c1)S(C)(=O)=O. The maximum Gasteiger partial charge on any atom is 0.418 e. The lowest BCUT2D eigenvalue weighted by atomic mass is 10.1. The fraction of sp³-hybridized carbons (Fsp3) is 0.235. The number of nitrogens with one attached hydrogen (secondary N) is 1. The van der Waals surface area contributed by atoms with E-state index in [4.69, 9.17) is 0 Å². The first-order chi connectivity index (χ1) is 13.3. The molecule has 156 valence electrons. The molecule has 0 bridgehead atoms. The van der Waals surface area contributed by atoms with Crippen LogP contribution in [0.3, 0.4) is 0 Å². The summed E-state index contributed by atoms with van der Waals surface area (Å²) in [6.45, 7) is 1.16. The van der Waals surface area contributed by atoms with Gasteiger partial charge in [0.2, 0.25) is 15.9 Å². The molecule has 0 saturated heterocycles. The number of anilines is 2. The number of hydrogen-bond acceptors (Lipinski definition) is 5. The summed E-state index contributed by atoms with van der Waals surface area (Å²) in [5, 5.41) is 13.0. The highest BCUT2D eigenvalue weighted by Crippen LogP contribution is 2.35. The number of para-hydroxylation sites is 1. The van der Waals surface area contributed by atoms with Gasteiger partial charge in [-0.25, -0.2) is 8.42 Å². The van der Waals surface area contributed by atoms with E-state index < -0.39 is 50.0 Å². The van der Waals surface area contributed by atoms with Crippen LogP contribution in [-0.2, 0) is 21.0 Å². The second-order valence-electron chi connectivity index (χ2n) is 6.04. The zero-order chi connectivity index (χ0) is 22.0. The van der Waals surface area contributed by atoms with Crippen LogP contribution in [0.15, 0.2) is 48.5 Å². The Morgan fingerprint density at radius 2 is 1.79 bits per heavy atom. The molecule has 0 aromatic heterocycles. The van der Waals surface area contributed by atoms with Gasteiger partial charge in [0.15, 0.2) is 0 Å². The molecule has 0 spiro atoms. The smallest absolute Gasteiger partial charge is 0.324 e. The van der Waals surface area contributed by atoms with E-state index in [0.29, 0.717) is 4.31 Å². The summed E-state index contributed by atoms with van der Waals surface area (Å²) < 4.78 is 64.4. The lowest BCUT2D eigenvalue weighted by Gasteiger charge is -2.28. The Hall–Kier alpha value is -3.15. The molecular formula is C17H16F3N3O5S. The third-order valence-electron chi connectivity index (χ3n) is 3.87. The van der Waals surface area contributed by atoms with Gasteiger partial charge in [-0.15, -0.1) is 0 Å². The van der Waals surface area contributed by atoms with Gasteiger partial charge < -0.3 is 5.32 Å². The van der Waals surface area contributed by atoms with Crippen molar-refractivity contribution in [3.8, 4) is 0 Å². The van der Waals surface area contributed by atoms with Gasteiger partial charge in [0.1, 0.15) is 6.04 Å². The first kappa shape index (κ1) is 22.1. The maximum absolute atomic E-state index is 13.1. The van der Waals surface area contributed by atoms with Crippen LogP contribution < -0.4 is 9.62 Å². The molecule has 1 N–H and O–H groups in total. The molecule has 1 amide bonds. The largest absolute Gasteiger partial charge is 0.418 e. The molecule has 2 aromatic rings. The van der Waals surface area contributed by atoms with Crippen molar-refractivity contribution in [2.24, 2.45) is 0 Å². The molecular weight excluding hydrogens is 415 g/mol. The standard InChI is InChI=1S/C17H16F3N3O5S/c1-11(16(24)21-15-9-4-3-8-14(15)17(18,19)20)22(29(2,27)28)12-6-5-7-13(10-12)23(25)26/h3-11H,1-2H3,(H,21,24)/t11-/m1/s1. The average Bonchev–Trinajstić information content (AvgIpc) is 2.60. The number of non-ortho nitro benzene ring substituents is 1. The second kappa shape index (κ2) is 8.07. The summed E-state index contributed by atoms with van der Waals surface area (Å²) in [6.07, 6.45) is -3.96. The third kappa shape index (κ3) is 5.22. The molecule has 0 aliphatic rings. The van der Waals surface area contributed by atoms with Crippen molar-refractivity contribution in [2.75, 3.05) is 15.9 Å². The van der Waals surface area contributed by atoms with Crippen LogP contribution in [-0.4, -0.2) is 31.5 Å². The number of rotatable bonds is 6. The Morgan fingerprint density at radius 1 is 1.17 bits per heavy atom. The van der Waals surface area contributed by atoms with E-state index in [1.807, 2.05) is 0 Å². The van der Waals surface area contributed by atoms with Gasteiger partial charge in [-0.1, -0.05) is 18.2 Å².